The molecular weight excluding hydrogens is 415 g/mol. The third-order valence-electron chi connectivity index (χ3n) is 5.00. The average molecular weight is 435 g/mol. The number of anilines is 1. The zero-order chi connectivity index (χ0) is 23.0. The maximum atomic E-state index is 14.6. The smallest absolute Gasteiger partial charge is 0.325 e. The molecule has 164 valence electrons. The molecule has 1 N–H and O–H groups in total. The van der Waals surface area contributed by atoms with Gasteiger partial charge in [-0.25, -0.2) is 4.39 Å². The van der Waals surface area contributed by atoms with E-state index in [0.717, 1.165) is 12.5 Å². The number of alkyl halides is 7. The summed E-state index contributed by atoms with van der Waals surface area (Å²) in [6, 6.07) is 11.4. The Labute approximate surface area is 169 Å². The number of hydrogen-bond acceptors (Lipinski definition) is 1. The summed E-state index contributed by atoms with van der Waals surface area (Å²) >= 11 is 0. The lowest BCUT2D eigenvalue weighted by Crippen LogP contribution is -2.58. The van der Waals surface area contributed by atoms with Gasteiger partial charge in [0.15, 0.2) is 0 Å². The average Bonchev–Trinajstić information content (AvgIpc) is 2.62. The van der Waals surface area contributed by atoms with E-state index in [1.54, 1.807) is 26.0 Å². The van der Waals surface area contributed by atoms with Crippen molar-refractivity contribution in [3.8, 4) is 0 Å². The summed E-state index contributed by atoms with van der Waals surface area (Å²) < 4.78 is 93.9. The fraction of sp³-hybridized carbons (Fsp3) is 0.381. The van der Waals surface area contributed by atoms with Gasteiger partial charge in [0.2, 0.25) is 5.91 Å². The first-order valence-corrected chi connectivity index (χ1v) is 8.88. The number of carbonyl (C=O) groups excluding carboxylic acids is 1. The summed E-state index contributed by atoms with van der Waals surface area (Å²) in [5, 5.41) is 2.31. The summed E-state index contributed by atoms with van der Waals surface area (Å²) in [5.74, 6) is -1.19. The Morgan fingerprint density at radius 2 is 1.17 bits per heavy atom. The molecule has 2 aromatic rings. The molecule has 2 rings (SSSR count). The van der Waals surface area contributed by atoms with Crippen molar-refractivity contribution in [2.75, 3.05) is 5.32 Å². The number of carbonyl (C=O) groups is 1. The van der Waals surface area contributed by atoms with Gasteiger partial charge in [-0.05, 0) is 38.5 Å². The highest BCUT2D eigenvalue weighted by molar-refractivity contribution is 5.99. The second kappa shape index (κ2) is 7.92. The van der Waals surface area contributed by atoms with Gasteiger partial charge in [-0.2, -0.15) is 26.3 Å². The van der Waals surface area contributed by atoms with Gasteiger partial charge in [-0.1, -0.05) is 47.5 Å². The zero-order valence-electron chi connectivity index (χ0n) is 16.4. The van der Waals surface area contributed by atoms with Crippen molar-refractivity contribution in [3.05, 3.63) is 65.2 Å². The van der Waals surface area contributed by atoms with Crippen LogP contribution in [-0.4, -0.2) is 23.9 Å². The summed E-state index contributed by atoms with van der Waals surface area (Å²) in [6.07, 6.45) is -14.7. The van der Waals surface area contributed by atoms with E-state index in [2.05, 4.69) is 5.32 Å². The third kappa shape index (κ3) is 4.60. The van der Waals surface area contributed by atoms with Crippen LogP contribution < -0.4 is 5.32 Å². The SMILES string of the molecule is Cc1ccc(NC(=O)C(C)(CC(F)(C(F)(F)F)C(F)(F)F)c2ccc(C)cc2)cc1. The van der Waals surface area contributed by atoms with Crippen molar-refractivity contribution in [1.29, 1.82) is 0 Å². The fourth-order valence-electron chi connectivity index (χ4n) is 2.99. The van der Waals surface area contributed by atoms with Crippen LogP contribution in [0.25, 0.3) is 0 Å². The molecule has 0 aliphatic carbocycles. The van der Waals surface area contributed by atoms with Crippen LogP contribution in [0.1, 0.15) is 30.0 Å². The van der Waals surface area contributed by atoms with Gasteiger partial charge < -0.3 is 5.32 Å². The van der Waals surface area contributed by atoms with Crippen molar-refractivity contribution in [3.63, 3.8) is 0 Å². The second-order valence-corrected chi connectivity index (χ2v) is 7.49. The van der Waals surface area contributed by atoms with Gasteiger partial charge in [-0.3, -0.25) is 4.79 Å². The van der Waals surface area contributed by atoms with Gasteiger partial charge in [-0.15, -0.1) is 0 Å². The fourth-order valence-corrected chi connectivity index (χ4v) is 2.99. The quantitative estimate of drug-likeness (QED) is 0.540. The highest BCUT2D eigenvalue weighted by Gasteiger charge is 2.74. The molecule has 0 radical (unpaired) electrons. The number of halogens is 7. The second-order valence-electron chi connectivity index (χ2n) is 7.49. The molecule has 2 aromatic carbocycles. The largest absolute Gasteiger partial charge is 0.431 e. The molecule has 2 nitrogen and oxygen atoms in total. The number of aryl methyl sites for hydroxylation is 2. The predicted molar refractivity (Wildman–Crippen MR) is 98.9 cm³/mol. The van der Waals surface area contributed by atoms with Crippen LogP contribution in [-0.2, 0) is 10.2 Å². The molecule has 0 heterocycles. The number of benzene rings is 2. The lowest BCUT2D eigenvalue weighted by atomic mass is 9.72. The van der Waals surface area contributed by atoms with Crippen LogP contribution >= 0.6 is 0 Å². The minimum Gasteiger partial charge on any atom is -0.325 e. The Balaban J connectivity index is 2.57. The molecule has 1 amide bonds. The lowest BCUT2D eigenvalue weighted by molar-refractivity contribution is -0.345. The van der Waals surface area contributed by atoms with E-state index in [1.165, 1.54) is 36.4 Å². The first-order valence-electron chi connectivity index (χ1n) is 8.88. The van der Waals surface area contributed by atoms with Crippen molar-refractivity contribution in [1.82, 2.24) is 0 Å². The Morgan fingerprint density at radius 1 is 0.767 bits per heavy atom. The van der Waals surface area contributed by atoms with Crippen LogP contribution in [0.3, 0.4) is 0 Å². The van der Waals surface area contributed by atoms with E-state index in [1.807, 2.05) is 0 Å². The molecule has 0 fully saturated rings. The predicted octanol–water partition coefficient (Wildman–Crippen LogP) is 6.42. The Bertz CT molecular complexity index is 872. The number of hydrogen-bond donors (Lipinski definition) is 1. The molecule has 30 heavy (non-hydrogen) atoms. The maximum Gasteiger partial charge on any atom is 0.431 e. The third-order valence-corrected chi connectivity index (χ3v) is 5.00. The molecule has 1 atom stereocenters. The first-order chi connectivity index (χ1) is 13.6. The van der Waals surface area contributed by atoms with E-state index in [4.69, 9.17) is 0 Å². The highest BCUT2D eigenvalue weighted by atomic mass is 19.4. The molecule has 1 unspecified atom stereocenters. The Morgan fingerprint density at radius 3 is 1.57 bits per heavy atom. The van der Waals surface area contributed by atoms with E-state index >= 15 is 0 Å². The zero-order valence-corrected chi connectivity index (χ0v) is 16.4. The van der Waals surface area contributed by atoms with Gasteiger partial charge in [0, 0.05) is 12.1 Å². The minimum absolute atomic E-state index is 0.160. The van der Waals surface area contributed by atoms with Crippen molar-refractivity contribution in [2.45, 2.75) is 50.6 Å². The lowest BCUT2D eigenvalue weighted by Gasteiger charge is -2.38. The maximum absolute atomic E-state index is 14.6. The molecule has 0 saturated heterocycles. The molecule has 0 saturated carbocycles. The van der Waals surface area contributed by atoms with Crippen molar-refractivity contribution < 1.29 is 35.5 Å². The molecular formula is C21H20F7NO. The van der Waals surface area contributed by atoms with Crippen LogP contribution in [0.5, 0.6) is 0 Å². The van der Waals surface area contributed by atoms with E-state index in [9.17, 15) is 35.5 Å². The monoisotopic (exact) mass is 435 g/mol. The first kappa shape index (κ1) is 23.7. The van der Waals surface area contributed by atoms with E-state index in [0.29, 0.717) is 5.56 Å². The summed E-state index contributed by atoms with van der Waals surface area (Å²) in [4.78, 5) is 12.9. The molecule has 9 heteroatoms. The van der Waals surface area contributed by atoms with Crippen LogP contribution in [0, 0.1) is 13.8 Å². The standard InChI is InChI=1S/C21H20F7NO/c1-13-4-8-15(9-5-13)18(3,12-19(22,20(23,24)25)21(26,27)28)17(30)29-16-10-6-14(2)7-11-16/h4-11H,12H2,1-3H3,(H,29,30). The number of amides is 1. The van der Waals surface area contributed by atoms with Crippen molar-refractivity contribution in [2.24, 2.45) is 0 Å². The molecule has 0 spiro atoms. The molecule has 0 aromatic heterocycles. The van der Waals surface area contributed by atoms with Crippen LogP contribution in [0.15, 0.2) is 48.5 Å². The van der Waals surface area contributed by atoms with Gasteiger partial charge in [0.25, 0.3) is 0 Å². The summed E-state index contributed by atoms with van der Waals surface area (Å²) in [6.45, 7) is 4.28. The minimum atomic E-state index is -6.26. The number of rotatable bonds is 5. The van der Waals surface area contributed by atoms with E-state index < -0.39 is 35.8 Å². The molecule has 0 aliphatic heterocycles. The summed E-state index contributed by atoms with van der Waals surface area (Å²) in [5.41, 5.74) is -6.58. The van der Waals surface area contributed by atoms with Crippen LogP contribution in [0.4, 0.5) is 36.4 Å². The summed E-state index contributed by atoms with van der Waals surface area (Å²) in [7, 11) is 0. The van der Waals surface area contributed by atoms with Gasteiger partial charge in [0.05, 0.1) is 5.41 Å². The topological polar surface area (TPSA) is 29.1 Å². The Kier molecular flexibility index (Phi) is 6.26. The molecule has 0 bridgehead atoms. The normalized spacial score (nSPS) is 14.9. The van der Waals surface area contributed by atoms with Crippen molar-refractivity contribution >= 4 is 11.6 Å². The van der Waals surface area contributed by atoms with Gasteiger partial charge >= 0.3 is 18.0 Å². The van der Waals surface area contributed by atoms with Crippen LogP contribution in [0.2, 0.25) is 0 Å². The number of nitrogens with one attached hydrogen (secondary N) is 1. The van der Waals surface area contributed by atoms with Gasteiger partial charge in [0.1, 0.15) is 0 Å². The molecule has 0 aliphatic rings. The Hall–Kier alpha value is -2.58. The van der Waals surface area contributed by atoms with E-state index in [-0.39, 0.29) is 11.3 Å². The highest BCUT2D eigenvalue weighted by Crippen LogP contribution is 2.52.